The standard InChI is InChI=1S/C14H16Cl2N4O/c15-6-5-13-17-18-14(21-13)20-9-7-19(8-10-20)12-4-2-1-3-11(12)16/h1-4H,5-10H2. The van der Waals surface area contributed by atoms with E-state index in [0.717, 1.165) is 36.9 Å². The summed E-state index contributed by atoms with van der Waals surface area (Å²) in [5.74, 6) is 1.08. The molecule has 0 spiro atoms. The molecule has 0 aliphatic carbocycles. The molecule has 0 radical (unpaired) electrons. The number of piperazine rings is 1. The van der Waals surface area contributed by atoms with Gasteiger partial charge in [0.25, 0.3) is 0 Å². The molecular formula is C14H16Cl2N4O. The van der Waals surface area contributed by atoms with E-state index in [1.807, 2.05) is 24.3 Å². The van der Waals surface area contributed by atoms with Gasteiger partial charge in [-0.05, 0) is 12.1 Å². The number of rotatable bonds is 4. The van der Waals surface area contributed by atoms with E-state index in [2.05, 4.69) is 20.0 Å². The molecule has 1 aromatic heterocycles. The minimum absolute atomic E-state index is 0.488. The number of anilines is 2. The summed E-state index contributed by atoms with van der Waals surface area (Å²) in [6, 6.07) is 8.49. The van der Waals surface area contributed by atoms with Crippen LogP contribution in [0.5, 0.6) is 0 Å². The number of halogens is 2. The highest BCUT2D eigenvalue weighted by atomic mass is 35.5. The molecule has 0 N–H and O–H groups in total. The average Bonchev–Trinajstić information content (AvgIpc) is 2.97. The van der Waals surface area contributed by atoms with Crippen LogP contribution in [0.4, 0.5) is 11.7 Å². The zero-order chi connectivity index (χ0) is 14.7. The first-order valence-electron chi connectivity index (χ1n) is 6.90. The average molecular weight is 327 g/mol. The highest BCUT2D eigenvalue weighted by molar-refractivity contribution is 6.33. The number of aromatic nitrogens is 2. The number of alkyl halides is 1. The second-order valence-corrected chi connectivity index (χ2v) is 5.63. The molecule has 3 rings (SSSR count). The van der Waals surface area contributed by atoms with Gasteiger partial charge in [-0.3, -0.25) is 0 Å². The van der Waals surface area contributed by atoms with Gasteiger partial charge in [-0.15, -0.1) is 16.7 Å². The van der Waals surface area contributed by atoms with Crippen LogP contribution in [-0.2, 0) is 6.42 Å². The Balaban J connectivity index is 1.63. The quantitative estimate of drug-likeness (QED) is 0.808. The predicted octanol–water partition coefficient (Wildman–Crippen LogP) is 2.83. The van der Waals surface area contributed by atoms with Crippen molar-refractivity contribution in [2.45, 2.75) is 6.42 Å². The molecule has 2 heterocycles. The van der Waals surface area contributed by atoms with Crippen molar-refractivity contribution in [2.75, 3.05) is 41.9 Å². The minimum Gasteiger partial charge on any atom is -0.408 e. The van der Waals surface area contributed by atoms with E-state index in [1.54, 1.807) is 0 Å². The van der Waals surface area contributed by atoms with Crippen molar-refractivity contribution in [3.8, 4) is 0 Å². The Hall–Kier alpha value is -1.46. The van der Waals surface area contributed by atoms with Crippen LogP contribution >= 0.6 is 23.2 Å². The minimum atomic E-state index is 0.488. The van der Waals surface area contributed by atoms with E-state index in [0.29, 0.717) is 24.2 Å². The highest BCUT2D eigenvalue weighted by Crippen LogP contribution is 2.26. The van der Waals surface area contributed by atoms with Crippen LogP contribution in [-0.4, -0.2) is 42.3 Å². The molecule has 0 amide bonds. The lowest BCUT2D eigenvalue weighted by Gasteiger charge is -2.35. The zero-order valence-electron chi connectivity index (χ0n) is 11.5. The number of para-hydroxylation sites is 1. The molecule has 1 aliphatic rings. The SMILES string of the molecule is ClCCc1nnc(N2CCN(c3ccccc3Cl)CC2)o1. The second kappa shape index (κ2) is 6.54. The summed E-state index contributed by atoms with van der Waals surface area (Å²) < 4.78 is 5.60. The summed E-state index contributed by atoms with van der Waals surface area (Å²) >= 11 is 11.9. The lowest BCUT2D eigenvalue weighted by atomic mass is 10.2. The first kappa shape index (κ1) is 14.5. The van der Waals surface area contributed by atoms with Crippen LogP contribution in [0.15, 0.2) is 28.7 Å². The summed E-state index contributed by atoms with van der Waals surface area (Å²) in [5, 5.41) is 8.86. The molecule has 1 aliphatic heterocycles. The van der Waals surface area contributed by atoms with E-state index < -0.39 is 0 Å². The number of hydrogen-bond acceptors (Lipinski definition) is 5. The number of aryl methyl sites for hydroxylation is 1. The van der Waals surface area contributed by atoms with Crippen molar-refractivity contribution in [3.63, 3.8) is 0 Å². The van der Waals surface area contributed by atoms with E-state index in [-0.39, 0.29) is 0 Å². The normalized spacial score (nSPS) is 15.5. The molecule has 0 atom stereocenters. The van der Waals surface area contributed by atoms with Crippen LogP contribution in [0, 0.1) is 0 Å². The maximum absolute atomic E-state index is 6.24. The van der Waals surface area contributed by atoms with Gasteiger partial charge < -0.3 is 14.2 Å². The summed E-state index contributed by atoms with van der Waals surface area (Å²) in [5.41, 5.74) is 1.08. The maximum atomic E-state index is 6.24. The Morgan fingerprint density at radius 1 is 1.05 bits per heavy atom. The molecule has 21 heavy (non-hydrogen) atoms. The van der Waals surface area contributed by atoms with Gasteiger partial charge in [0, 0.05) is 38.5 Å². The maximum Gasteiger partial charge on any atom is 0.318 e. The molecule has 7 heteroatoms. The number of nitrogens with zero attached hydrogens (tertiary/aromatic N) is 4. The van der Waals surface area contributed by atoms with E-state index in [4.69, 9.17) is 27.6 Å². The molecule has 2 aromatic rings. The molecule has 1 aromatic carbocycles. The number of benzene rings is 1. The summed E-state index contributed by atoms with van der Waals surface area (Å²) in [4.78, 5) is 4.37. The predicted molar refractivity (Wildman–Crippen MR) is 84.6 cm³/mol. The summed E-state index contributed by atoms with van der Waals surface area (Å²) in [7, 11) is 0. The smallest absolute Gasteiger partial charge is 0.318 e. The number of hydrogen-bond donors (Lipinski definition) is 0. The molecule has 112 valence electrons. The van der Waals surface area contributed by atoms with Gasteiger partial charge in [-0.25, -0.2) is 0 Å². The Morgan fingerprint density at radius 2 is 1.76 bits per heavy atom. The third kappa shape index (κ3) is 3.24. The molecule has 0 bridgehead atoms. The van der Waals surface area contributed by atoms with Gasteiger partial charge in [-0.1, -0.05) is 28.8 Å². The van der Waals surface area contributed by atoms with E-state index >= 15 is 0 Å². The Labute approximate surface area is 133 Å². The third-order valence-electron chi connectivity index (χ3n) is 3.51. The topological polar surface area (TPSA) is 45.4 Å². The van der Waals surface area contributed by atoms with Gasteiger partial charge in [0.2, 0.25) is 5.89 Å². The highest BCUT2D eigenvalue weighted by Gasteiger charge is 2.22. The van der Waals surface area contributed by atoms with Gasteiger partial charge in [0.05, 0.1) is 10.7 Å². The first-order chi connectivity index (χ1) is 10.3. The van der Waals surface area contributed by atoms with Crippen LogP contribution < -0.4 is 9.80 Å². The summed E-state index contributed by atoms with van der Waals surface area (Å²) in [6.07, 6.45) is 0.605. The van der Waals surface area contributed by atoms with Crippen molar-refractivity contribution < 1.29 is 4.42 Å². The summed E-state index contributed by atoms with van der Waals surface area (Å²) in [6.45, 7) is 3.40. The van der Waals surface area contributed by atoms with Crippen molar-refractivity contribution in [2.24, 2.45) is 0 Å². The molecule has 1 saturated heterocycles. The Bertz CT molecular complexity index is 596. The van der Waals surface area contributed by atoms with Gasteiger partial charge in [0.15, 0.2) is 0 Å². The first-order valence-corrected chi connectivity index (χ1v) is 7.82. The molecular weight excluding hydrogens is 311 g/mol. The van der Waals surface area contributed by atoms with Gasteiger partial charge in [0.1, 0.15) is 0 Å². The van der Waals surface area contributed by atoms with Gasteiger partial charge in [-0.2, -0.15) is 0 Å². The lowest BCUT2D eigenvalue weighted by Crippen LogP contribution is -2.46. The van der Waals surface area contributed by atoms with E-state index in [1.165, 1.54) is 0 Å². The fraction of sp³-hybridized carbons (Fsp3) is 0.429. The Morgan fingerprint density at radius 3 is 2.48 bits per heavy atom. The fourth-order valence-electron chi connectivity index (χ4n) is 2.40. The fourth-order valence-corrected chi connectivity index (χ4v) is 2.82. The lowest BCUT2D eigenvalue weighted by molar-refractivity contribution is 0.479. The Kier molecular flexibility index (Phi) is 4.51. The molecule has 5 nitrogen and oxygen atoms in total. The molecule has 0 saturated carbocycles. The van der Waals surface area contributed by atoms with Crippen molar-refractivity contribution in [3.05, 3.63) is 35.2 Å². The van der Waals surface area contributed by atoms with Gasteiger partial charge >= 0.3 is 6.01 Å². The van der Waals surface area contributed by atoms with Crippen molar-refractivity contribution in [1.82, 2.24) is 10.2 Å². The third-order valence-corrected chi connectivity index (χ3v) is 4.02. The zero-order valence-corrected chi connectivity index (χ0v) is 13.0. The van der Waals surface area contributed by atoms with Crippen molar-refractivity contribution in [1.29, 1.82) is 0 Å². The van der Waals surface area contributed by atoms with Crippen LogP contribution in [0.25, 0.3) is 0 Å². The molecule has 1 fully saturated rings. The largest absolute Gasteiger partial charge is 0.408 e. The van der Waals surface area contributed by atoms with E-state index in [9.17, 15) is 0 Å². The van der Waals surface area contributed by atoms with Crippen LogP contribution in [0.1, 0.15) is 5.89 Å². The van der Waals surface area contributed by atoms with Crippen LogP contribution in [0.3, 0.4) is 0 Å². The van der Waals surface area contributed by atoms with Crippen LogP contribution in [0.2, 0.25) is 5.02 Å². The second-order valence-electron chi connectivity index (χ2n) is 4.84. The molecule has 0 unspecified atom stereocenters. The van der Waals surface area contributed by atoms with Crippen molar-refractivity contribution >= 4 is 34.9 Å². The monoisotopic (exact) mass is 326 g/mol.